The highest BCUT2D eigenvalue weighted by atomic mass is 32.2. The standard InChI is InChI=1S/C22H28N2O4S/c1-17-13-15-23(16-14-17)22(25)18(2)24(29(3,26)27)19-9-11-21(12-10-19)28-20-7-5-4-6-8-20/h4-12,17-18H,13-16H2,1-3H3/t18-/m1/s1. The zero-order valence-corrected chi connectivity index (χ0v) is 17.9. The third-order valence-electron chi connectivity index (χ3n) is 5.23. The van der Waals surface area contributed by atoms with Crippen LogP contribution in [0.15, 0.2) is 54.6 Å². The maximum Gasteiger partial charge on any atom is 0.246 e. The molecule has 1 aliphatic rings. The maximum absolute atomic E-state index is 13.0. The number of hydrogen-bond acceptors (Lipinski definition) is 4. The lowest BCUT2D eigenvalue weighted by Gasteiger charge is -2.36. The second-order valence-corrected chi connectivity index (χ2v) is 9.51. The summed E-state index contributed by atoms with van der Waals surface area (Å²) in [4.78, 5) is 14.7. The molecule has 0 aliphatic carbocycles. The molecule has 2 aromatic rings. The van der Waals surface area contributed by atoms with Crippen LogP contribution in [0, 0.1) is 5.92 Å². The second-order valence-electron chi connectivity index (χ2n) is 7.65. The highest BCUT2D eigenvalue weighted by Gasteiger charge is 2.33. The summed E-state index contributed by atoms with van der Waals surface area (Å²) in [5.41, 5.74) is 0.444. The van der Waals surface area contributed by atoms with Crippen LogP contribution in [0.2, 0.25) is 0 Å². The van der Waals surface area contributed by atoms with Crippen LogP contribution in [0.5, 0.6) is 11.5 Å². The fourth-order valence-corrected chi connectivity index (χ4v) is 4.75. The van der Waals surface area contributed by atoms with Gasteiger partial charge in [-0.05, 0) is 62.1 Å². The van der Waals surface area contributed by atoms with Gasteiger partial charge in [-0.15, -0.1) is 0 Å². The van der Waals surface area contributed by atoms with Crippen LogP contribution in [0.1, 0.15) is 26.7 Å². The Labute approximate surface area is 173 Å². The molecule has 0 unspecified atom stereocenters. The largest absolute Gasteiger partial charge is 0.457 e. The van der Waals surface area contributed by atoms with Crippen LogP contribution in [0.3, 0.4) is 0 Å². The molecule has 3 rings (SSSR count). The molecule has 29 heavy (non-hydrogen) atoms. The summed E-state index contributed by atoms with van der Waals surface area (Å²) in [5, 5.41) is 0. The lowest BCUT2D eigenvalue weighted by Crippen LogP contribution is -2.51. The lowest BCUT2D eigenvalue weighted by atomic mass is 9.99. The molecule has 6 nitrogen and oxygen atoms in total. The summed E-state index contributed by atoms with van der Waals surface area (Å²) in [5.74, 6) is 1.73. The molecular weight excluding hydrogens is 388 g/mol. The van der Waals surface area contributed by atoms with Crippen LogP contribution in [-0.2, 0) is 14.8 Å². The summed E-state index contributed by atoms with van der Waals surface area (Å²) in [6.07, 6.45) is 3.02. The van der Waals surface area contributed by atoms with Crippen molar-refractivity contribution in [3.8, 4) is 11.5 Å². The van der Waals surface area contributed by atoms with Crippen LogP contribution in [-0.4, -0.2) is 44.6 Å². The van der Waals surface area contributed by atoms with E-state index < -0.39 is 16.1 Å². The topological polar surface area (TPSA) is 66.9 Å². The van der Waals surface area contributed by atoms with Gasteiger partial charge < -0.3 is 9.64 Å². The number of ether oxygens (including phenoxy) is 1. The van der Waals surface area contributed by atoms with Crippen LogP contribution in [0.25, 0.3) is 0 Å². The molecule has 156 valence electrons. The number of para-hydroxylation sites is 1. The van der Waals surface area contributed by atoms with E-state index in [9.17, 15) is 13.2 Å². The molecule has 0 radical (unpaired) electrons. The predicted molar refractivity (Wildman–Crippen MR) is 115 cm³/mol. The van der Waals surface area contributed by atoms with Gasteiger partial charge in [0.05, 0.1) is 11.9 Å². The molecule has 2 aromatic carbocycles. The van der Waals surface area contributed by atoms with Gasteiger partial charge in [-0.3, -0.25) is 9.10 Å². The van der Waals surface area contributed by atoms with Gasteiger partial charge in [0.15, 0.2) is 0 Å². The molecule has 1 aliphatic heterocycles. The van der Waals surface area contributed by atoms with Gasteiger partial charge in [-0.1, -0.05) is 25.1 Å². The fraction of sp³-hybridized carbons (Fsp3) is 0.409. The number of anilines is 1. The average molecular weight is 417 g/mol. The van der Waals surface area contributed by atoms with E-state index >= 15 is 0 Å². The number of rotatable bonds is 6. The number of amides is 1. The van der Waals surface area contributed by atoms with Crippen molar-refractivity contribution in [1.82, 2.24) is 4.90 Å². The first-order valence-electron chi connectivity index (χ1n) is 9.87. The smallest absolute Gasteiger partial charge is 0.246 e. The number of carbonyl (C=O) groups is 1. The third kappa shape index (κ3) is 5.29. The van der Waals surface area contributed by atoms with Crippen molar-refractivity contribution in [3.63, 3.8) is 0 Å². The van der Waals surface area contributed by atoms with E-state index in [1.54, 1.807) is 36.1 Å². The molecule has 1 heterocycles. The minimum Gasteiger partial charge on any atom is -0.457 e. The molecule has 1 saturated heterocycles. The van der Waals surface area contributed by atoms with E-state index in [-0.39, 0.29) is 5.91 Å². The Balaban J connectivity index is 1.79. The molecule has 0 aromatic heterocycles. The Hall–Kier alpha value is -2.54. The molecule has 1 amide bonds. The van der Waals surface area contributed by atoms with Crippen molar-refractivity contribution in [1.29, 1.82) is 0 Å². The van der Waals surface area contributed by atoms with Crippen molar-refractivity contribution in [2.45, 2.75) is 32.7 Å². The monoisotopic (exact) mass is 416 g/mol. The number of nitrogens with zero attached hydrogens (tertiary/aromatic N) is 2. The van der Waals surface area contributed by atoms with E-state index in [0.29, 0.717) is 36.2 Å². The number of hydrogen-bond donors (Lipinski definition) is 0. The molecule has 0 saturated carbocycles. The van der Waals surface area contributed by atoms with Crippen molar-refractivity contribution in [2.24, 2.45) is 5.92 Å². The number of piperidine rings is 1. The average Bonchev–Trinajstić information content (AvgIpc) is 2.69. The van der Waals surface area contributed by atoms with Gasteiger partial charge in [0.1, 0.15) is 17.5 Å². The maximum atomic E-state index is 13.0. The van der Waals surface area contributed by atoms with Crippen molar-refractivity contribution < 1.29 is 17.9 Å². The van der Waals surface area contributed by atoms with E-state index in [1.165, 1.54) is 4.31 Å². The summed E-state index contributed by atoms with van der Waals surface area (Å²) in [7, 11) is -3.64. The normalized spacial score (nSPS) is 16.3. The van der Waals surface area contributed by atoms with Crippen molar-refractivity contribution in [2.75, 3.05) is 23.7 Å². The Bertz CT molecular complexity index is 921. The fourth-order valence-electron chi connectivity index (χ4n) is 3.58. The molecular formula is C22H28N2O4S. The Morgan fingerprint density at radius 3 is 2.14 bits per heavy atom. The van der Waals surface area contributed by atoms with Gasteiger partial charge >= 0.3 is 0 Å². The molecule has 1 fully saturated rings. The predicted octanol–water partition coefficient (Wildman–Crippen LogP) is 3.89. The van der Waals surface area contributed by atoms with Gasteiger partial charge in [0.2, 0.25) is 15.9 Å². The first kappa shape index (κ1) is 21.2. The summed E-state index contributed by atoms with van der Waals surface area (Å²) >= 11 is 0. The van der Waals surface area contributed by atoms with Crippen molar-refractivity contribution >= 4 is 21.6 Å². The second kappa shape index (κ2) is 8.86. The van der Waals surface area contributed by atoms with E-state index in [1.807, 2.05) is 30.3 Å². The van der Waals surface area contributed by atoms with Gasteiger partial charge in [0.25, 0.3) is 0 Å². The molecule has 0 bridgehead atoms. The zero-order chi connectivity index (χ0) is 21.0. The number of carbonyl (C=O) groups excluding carboxylic acids is 1. The molecule has 0 N–H and O–H groups in total. The van der Waals surface area contributed by atoms with Crippen LogP contribution in [0.4, 0.5) is 5.69 Å². The Morgan fingerprint density at radius 1 is 1.03 bits per heavy atom. The Morgan fingerprint density at radius 2 is 1.59 bits per heavy atom. The van der Waals surface area contributed by atoms with E-state index in [4.69, 9.17) is 4.74 Å². The summed E-state index contributed by atoms with van der Waals surface area (Å²) < 4.78 is 32.0. The number of benzene rings is 2. The molecule has 7 heteroatoms. The summed E-state index contributed by atoms with van der Waals surface area (Å²) in [6.45, 7) is 5.17. The lowest BCUT2D eigenvalue weighted by molar-refractivity contribution is -0.133. The zero-order valence-electron chi connectivity index (χ0n) is 17.1. The highest BCUT2D eigenvalue weighted by molar-refractivity contribution is 7.92. The SMILES string of the molecule is CC1CCN(C(=O)[C@@H](C)N(c2ccc(Oc3ccccc3)cc2)S(C)(=O)=O)CC1. The van der Waals surface area contributed by atoms with E-state index in [0.717, 1.165) is 19.1 Å². The quantitative estimate of drug-likeness (QED) is 0.716. The van der Waals surface area contributed by atoms with Crippen LogP contribution >= 0.6 is 0 Å². The van der Waals surface area contributed by atoms with Gasteiger partial charge in [-0.25, -0.2) is 8.42 Å². The van der Waals surface area contributed by atoms with E-state index in [2.05, 4.69) is 6.92 Å². The number of sulfonamides is 1. The highest BCUT2D eigenvalue weighted by Crippen LogP contribution is 2.28. The first-order chi connectivity index (χ1) is 13.8. The Kier molecular flexibility index (Phi) is 6.47. The molecule has 1 atom stereocenters. The number of likely N-dealkylation sites (tertiary alicyclic amines) is 1. The van der Waals surface area contributed by atoms with Crippen molar-refractivity contribution in [3.05, 3.63) is 54.6 Å². The first-order valence-corrected chi connectivity index (χ1v) is 11.7. The minimum absolute atomic E-state index is 0.160. The minimum atomic E-state index is -3.64. The summed E-state index contributed by atoms with van der Waals surface area (Å²) in [6, 6.07) is 15.3. The van der Waals surface area contributed by atoms with Gasteiger partial charge in [0, 0.05) is 13.1 Å². The third-order valence-corrected chi connectivity index (χ3v) is 6.47. The van der Waals surface area contributed by atoms with Gasteiger partial charge in [-0.2, -0.15) is 0 Å². The molecule has 0 spiro atoms. The van der Waals surface area contributed by atoms with Crippen LogP contribution < -0.4 is 9.04 Å².